The normalized spacial score (nSPS) is 13.8. The lowest BCUT2D eigenvalue weighted by Crippen LogP contribution is -2.56. The zero-order valence-electron chi connectivity index (χ0n) is 6.91. The van der Waals surface area contributed by atoms with Crippen LogP contribution in [0.25, 0.3) is 0 Å². The Morgan fingerprint density at radius 1 is 1.08 bits per heavy atom. The van der Waals surface area contributed by atoms with Crippen molar-refractivity contribution in [2.75, 3.05) is 0 Å². The Hall–Kier alpha value is 1.69. The van der Waals surface area contributed by atoms with E-state index in [0.29, 0.717) is 0 Å². The smallest absolute Gasteiger partial charge is 0.294 e. The third-order valence-electron chi connectivity index (χ3n) is 1.19. The lowest BCUT2D eigenvalue weighted by atomic mass is 10.4. The number of hydrogen-bond donors (Lipinski definition) is 0. The molecule has 72 valence electrons. The zero-order valence-corrected chi connectivity index (χ0v) is 11.7. The minimum Gasteiger partial charge on any atom is -0.294 e. The van der Waals surface area contributed by atoms with E-state index in [1.807, 2.05) is 19.6 Å². The maximum absolute atomic E-state index is 5.70. The van der Waals surface area contributed by atoms with Gasteiger partial charge in [0, 0.05) is 0 Å². The second kappa shape index (κ2) is 4.47. The maximum atomic E-state index is 5.70. The number of halogens is 5. The van der Waals surface area contributed by atoms with E-state index in [-0.39, 0.29) is 0 Å². The fourth-order valence-electron chi connectivity index (χ4n) is 0.784. The Kier molecular flexibility index (Phi) is 5.11. The Bertz CT molecular complexity index is 139. The lowest BCUT2D eigenvalue weighted by molar-refractivity contribution is 0.673. The van der Waals surface area contributed by atoms with Gasteiger partial charge in [-0.2, -0.15) is 0 Å². The maximum Gasteiger partial charge on any atom is 0.431 e. The quantitative estimate of drug-likeness (QED) is 0.423. The second-order valence-corrected chi connectivity index (χ2v) is 11.4. The zero-order chi connectivity index (χ0) is 10.2. The van der Waals surface area contributed by atoms with E-state index in [9.17, 15) is 0 Å². The predicted molar refractivity (Wildman–Crippen MR) is 62.9 cm³/mol. The molecule has 12 heavy (non-hydrogen) atoms. The van der Waals surface area contributed by atoms with E-state index in [2.05, 4.69) is 0 Å². The van der Waals surface area contributed by atoms with Crippen LogP contribution in [0.5, 0.6) is 0 Å². The summed E-state index contributed by atoms with van der Waals surface area (Å²) < 4.78 is -0.0214. The summed E-state index contributed by atoms with van der Waals surface area (Å²) in [5.41, 5.74) is -0.788. The summed E-state index contributed by atoms with van der Waals surface area (Å²) in [4.78, 5) is 0. The molecule has 0 rings (SSSR count). The van der Waals surface area contributed by atoms with Gasteiger partial charge in [-0.15, -0.1) is 22.9 Å². The summed E-state index contributed by atoms with van der Waals surface area (Å²) in [5.74, 6) is 0. The van der Waals surface area contributed by atoms with Crippen LogP contribution in [-0.4, -0.2) is 22.3 Å². The minimum atomic E-state index is -1.81. The molecule has 0 aromatic carbocycles. The molecule has 0 aliphatic carbocycles. The van der Waals surface area contributed by atoms with Crippen LogP contribution in [0, 0.1) is 0 Å². The van der Waals surface area contributed by atoms with Crippen molar-refractivity contribution < 1.29 is 0 Å². The van der Waals surface area contributed by atoms with Crippen LogP contribution >= 0.6 is 57.7 Å². The molecular weight excluding hydrogens is 278 g/mol. The first kappa shape index (κ1) is 13.7. The summed E-state index contributed by atoms with van der Waals surface area (Å²) in [7, 11) is -1.81. The van der Waals surface area contributed by atoms with Crippen LogP contribution in [0.4, 0.5) is 0 Å². The van der Waals surface area contributed by atoms with E-state index in [0.717, 1.165) is 0 Å². The van der Waals surface area contributed by atoms with Crippen molar-refractivity contribution >= 4 is 71.6 Å². The third kappa shape index (κ3) is 4.27. The van der Waals surface area contributed by atoms with Crippen molar-refractivity contribution in [3.8, 4) is 0 Å². The summed E-state index contributed by atoms with van der Waals surface area (Å²) in [5, 5.41) is 0. The van der Waals surface area contributed by atoms with Gasteiger partial charge in [0.15, 0.2) is 0 Å². The highest BCUT2D eigenvalue weighted by Crippen LogP contribution is 2.37. The molecule has 0 aliphatic rings. The number of alkyl halides is 3. The first-order valence-electron chi connectivity index (χ1n) is 3.21. The second-order valence-electron chi connectivity index (χ2n) is 3.29. The van der Waals surface area contributed by atoms with Crippen LogP contribution in [0.2, 0.25) is 19.6 Å². The Labute approximate surface area is 99.2 Å². The lowest BCUT2D eigenvalue weighted by Gasteiger charge is -2.39. The molecule has 0 unspecified atom stereocenters. The van der Waals surface area contributed by atoms with Crippen LogP contribution in [0.15, 0.2) is 0 Å². The van der Waals surface area contributed by atoms with E-state index in [1.165, 1.54) is 4.48 Å². The van der Waals surface area contributed by atoms with Gasteiger partial charge < -0.3 is 0 Å². The first-order chi connectivity index (χ1) is 5.07. The molecular formula is C4H9BCl5NSi. The van der Waals surface area contributed by atoms with E-state index in [1.54, 1.807) is 0 Å². The highest BCUT2D eigenvalue weighted by atomic mass is 35.6. The van der Waals surface area contributed by atoms with Gasteiger partial charge in [0.25, 0.3) is 0 Å². The average Bonchev–Trinajstić information content (AvgIpc) is 1.49. The van der Waals surface area contributed by atoms with Crippen molar-refractivity contribution in [3.63, 3.8) is 0 Å². The SMILES string of the molecule is C[Si](C)(C)N(B(Cl)Cl)C(Cl)(Cl)Cl. The summed E-state index contributed by atoms with van der Waals surface area (Å²) in [6.07, 6.45) is 0. The van der Waals surface area contributed by atoms with Crippen molar-refractivity contribution in [1.29, 1.82) is 0 Å². The fraction of sp³-hybridized carbons (Fsp3) is 1.00. The Balaban J connectivity index is 4.70. The van der Waals surface area contributed by atoms with Crippen LogP contribution in [-0.2, 0) is 0 Å². The molecule has 0 bridgehead atoms. The van der Waals surface area contributed by atoms with Gasteiger partial charge in [-0.3, -0.25) is 4.48 Å². The molecule has 1 nitrogen and oxygen atoms in total. The molecule has 0 aromatic heterocycles. The van der Waals surface area contributed by atoms with Crippen molar-refractivity contribution in [1.82, 2.24) is 4.48 Å². The predicted octanol–water partition coefficient (Wildman–Crippen LogP) is 3.91. The van der Waals surface area contributed by atoms with Gasteiger partial charge >= 0.3 is 5.68 Å². The largest absolute Gasteiger partial charge is 0.431 e. The Morgan fingerprint density at radius 2 is 1.42 bits per heavy atom. The third-order valence-corrected chi connectivity index (χ3v) is 4.92. The summed E-state index contributed by atoms with van der Waals surface area (Å²) >= 11 is 28.5. The highest BCUT2D eigenvalue weighted by Gasteiger charge is 2.44. The number of hydrogen-bond acceptors (Lipinski definition) is 1. The molecule has 0 spiro atoms. The standard InChI is InChI=1S/C4H9BCl5NSi/c1-12(2,3)11(5(9)10)4(6,7)8/h1-3H3. The first-order valence-corrected chi connectivity index (χ1v) is 8.66. The average molecular weight is 287 g/mol. The van der Waals surface area contributed by atoms with Gasteiger partial charge in [-0.25, -0.2) is 0 Å². The molecule has 0 N–H and O–H groups in total. The van der Waals surface area contributed by atoms with E-state index in [4.69, 9.17) is 57.7 Å². The van der Waals surface area contributed by atoms with Crippen LogP contribution in [0.1, 0.15) is 0 Å². The topological polar surface area (TPSA) is 3.24 Å². The van der Waals surface area contributed by atoms with Crippen molar-refractivity contribution in [2.45, 2.75) is 23.6 Å². The molecule has 0 aliphatic heterocycles. The van der Waals surface area contributed by atoms with Gasteiger partial charge in [0.05, 0.1) is 0 Å². The highest BCUT2D eigenvalue weighted by molar-refractivity contribution is 7.35. The van der Waals surface area contributed by atoms with Gasteiger partial charge in [-0.1, -0.05) is 54.4 Å². The van der Waals surface area contributed by atoms with Gasteiger partial charge in [-0.05, 0) is 0 Å². The van der Waals surface area contributed by atoms with Crippen LogP contribution in [0.3, 0.4) is 0 Å². The van der Waals surface area contributed by atoms with Gasteiger partial charge in [0.1, 0.15) is 8.24 Å². The summed E-state index contributed by atoms with van der Waals surface area (Å²) in [6.45, 7) is 5.98. The molecule has 0 saturated heterocycles. The van der Waals surface area contributed by atoms with Gasteiger partial charge in [0.2, 0.25) is 3.92 Å². The molecule has 0 fully saturated rings. The fourth-order valence-corrected chi connectivity index (χ4v) is 7.05. The molecule has 0 radical (unpaired) electrons. The van der Waals surface area contributed by atoms with Crippen LogP contribution < -0.4 is 0 Å². The molecule has 0 saturated carbocycles. The number of rotatable bonds is 2. The molecule has 0 amide bonds. The van der Waals surface area contributed by atoms with E-state index >= 15 is 0 Å². The molecule has 0 heterocycles. The van der Waals surface area contributed by atoms with Crippen molar-refractivity contribution in [2.24, 2.45) is 0 Å². The minimum absolute atomic E-state index is 0.788. The number of nitrogens with zero attached hydrogens (tertiary/aromatic N) is 1. The van der Waals surface area contributed by atoms with Crippen molar-refractivity contribution in [3.05, 3.63) is 0 Å². The molecule has 0 aromatic rings. The monoisotopic (exact) mass is 285 g/mol. The molecule has 0 atom stereocenters. The Morgan fingerprint density at radius 3 is 1.42 bits per heavy atom. The van der Waals surface area contributed by atoms with E-state index < -0.39 is 17.8 Å². The molecule has 8 heteroatoms. The summed E-state index contributed by atoms with van der Waals surface area (Å²) in [6, 6.07) is 0.